The normalized spacial score (nSPS) is 25.6. The van der Waals surface area contributed by atoms with Gasteiger partial charge in [-0.1, -0.05) is 43.2 Å². The Morgan fingerprint density at radius 3 is 2.59 bits per heavy atom. The number of nitrogens with one attached hydrogen (secondary N) is 2. The van der Waals surface area contributed by atoms with E-state index >= 15 is 0 Å². The molecule has 2 amide bonds. The summed E-state index contributed by atoms with van der Waals surface area (Å²) in [6, 6.07) is 10.3. The van der Waals surface area contributed by atoms with Crippen molar-refractivity contribution in [3.63, 3.8) is 0 Å². The van der Waals surface area contributed by atoms with Crippen molar-refractivity contribution in [2.24, 2.45) is 11.8 Å². The van der Waals surface area contributed by atoms with Crippen LogP contribution in [0.5, 0.6) is 0 Å². The highest BCUT2D eigenvalue weighted by molar-refractivity contribution is 5.90. The number of carbonyl (C=O) groups is 2. The highest BCUT2D eigenvalue weighted by atomic mass is 16.2. The fourth-order valence-electron chi connectivity index (χ4n) is 5.38. The monoisotopic (exact) mass is 440 g/mol. The van der Waals surface area contributed by atoms with Crippen LogP contribution in [-0.4, -0.2) is 73.0 Å². The lowest BCUT2D eigenvalue weighted by atomic mass is 9.96. The van der Waals surface area contributed by atoms with E-state index < -0.39 is 0 Å². The zero-order valence-corrected chi connectivity index (χ0v) is 19.8. The fraction of sp³-hybridized carbons (Fsp3) is 0.692. The molecular weight excluding hydrogens is 400 g/mol. The lowest BCUT2D eigenvalue weighted by Gasteiger charge is -2.33. The number of fused-ring (bicyclic) bond motifs is 1. The Bertz CT molecular complexity index is 766. The number of hydrogen-bond acceptors (Lipinski definition) is 4. The van der Waals surface area contributed by atoms with Gasteiger partial charge in [0.05, 0.1) is 6.04 Å². The lowest BCUT2D eigenvalue weighted by molar-refractivity contribution is -0.138. The van der Waals surface area contributed by atoms with Crippen molar-refractivity contribution >= 4 is 11.8 Å². The van der Waals surface area contributed by atoms with Crippen LogP contribution in [0.25, 0.3) is 0 Å². The number of rotatable bonds is 9. The minimum absolute atomic E-state index is 0.0763. The van der Waals surface area contributed by atoms with Crippen molar-refractivity contribution in [1.29, 1.82) is 0 Å². The smallest absolute Gasteiger partial charge is 0.245 e. The molecule has 3 aliphatic rings. The molecule has 1 aromatic carbocycles. The summed E-state index contributed by atoms with van der Waals surface area (Å²) in [7, 11) is 1.78. The van der Waals surface area contributed by atoms with Crippen molar-refractivity contribution in [3.8, 4) is 0 Å². The first kappa shape index (κ1) is 23.2. The van der Waals surface area contributed by atoms with E-state index in [4.69, 9.17) is 0 Å². The molecule has 2 aliphatic heterocycles. The quantitative estimate of drug-likeness (QED) is 0.619. The Kier molecular flexibility index (Phi) is 7.84. The molecule has 32 heavy (non-hydrogen) atoms. The first-order chi connectivity index (χ1) is 15.5. The van der Waals surface area contributed by atoms with Gasteiger partial charge >= 0.3 is 0 Å². The fourth-order valence-corrected chi connectivity index (χ4v) is 5.38. The minimum Gasteiger partial charge on any atom is -0.343 e. The zero-order chi connectivity index (χ0) is 22.5. The Labute approximate surface area is 193 Å². The molecule has 6 nitrogen and oxygen atoms in total. The molecule has 2 saturated heterocycles. The standard InChI is InChI=1S/C26H40N4O2/c1-19(27-2)25(31)28-23(17-21-10-11-21)26(32)30-16-13-22-9-6-14-29(18-24(22)30)15-12-20-7-4-3-5-8-20/h3-5,7-8,19,21-24,27H,6,9-18H2,1-2H3,(H,28,31)/t19-,22+,23-,24+/m0/s1. The number of likely N-dealkylation sites (N-methyl/N-ethyl adjacent to an activating group) is 1. The highest BCUT2D eigenvalue weighted by Crippen LogP contribution is 2.36. The van der Waals surface area contributed by atoms with E-state index in [0.717, 1.165) is 45.4 Å². The number of likely N-dealkylation sites (tertiary alicyclic amines) is 2. The number of carbonyl (C=O) groups excluding carboxylic acids is 2. The summed E-state index contributed by atoms with van der Waals surface area (Å²) in [5.74, 6) is 1.25. The molecule has 1 saturated carbocycles. The second-order valence-corrected chi connectivity index (χ2v) is 10.1. The Balaban J connectivity index is 1.40. The Hall–Kier alpha value is -1.92. The molecule has 1 aromatic rings. The van der Waals surface area contributed by atoms with E-state index in [0.29, 0.717) is 11.8 Å². The second kappa shape index (κ2) is 10.8. The summed E-state index contributed by atoms with van der Waals surface area (Å²) in [5, 5.41) is 6.07. The van der Waals surface area contributed by atoms with E-state index in [1.807, 2.05) is 6.92 Å². The van der Waals surface area contributed by atoms with E-state index in [2.05, 4.69) is 50.8 Å². The summed E-state index contributed by atoms with van der Waals surface area (Å²) in [6.07, 6.45) is 7.70. The van der Waals surface area contributed by atoms with Gasteiger partial charge in [0.25, 0.3) is 0 Å². The van der Waals surface area contributed by atoms with Gasteiger partial charge in [0.15, 0.2) is 0 Å². The third-order valence-electron chi connectivity index (χ3n) is 7.73. The number of amides is 2. The van der Waals surface area contributed by atoms with Gasteiger partial charge in [-0.25, -0.2) is 0 Å². The van der Waals surface area contributed by atoms with Crippen molar-refractivity contribution in [3.05, 3.63) is 35.9 Å². The van der Waals surface area contributed by atoms with Crippen LogP contribution in [-0.2, 0) is 16.0 Å². The predicted octanol–water partition coefficient (Wildman–Crippen LogP) is 2.43. The Morgan fingerprint density at radius 2 is 1.88 bits per heavy atom. The summed E-state index contributed by atoms with van der Waals surface area (Å²) < 4.78 is 0. The van der Waals surface area contributed by atoms with Crippen LogP contribution < -0.4 is 10.6 Å². The molecule has 3 fully saturated rings. The number of nitrogens with zero attached hydrogens (tertiary/aromatic N) is 2. The van der Waals surface area contributed by atoms with Gasteiger partial charge in [0.2, 0.25) is 11.8 Å². The Morgan fingerprint density at radius 1 is 1.09 bits per heavy atom. The molecule has 0 bridgehead atoms. The number of hydrogen-bond donors (Lipinski definition) is 2. The summed E-state index contributed by atoms with van der Waals surface area (Å²) in [5.41, 5.74) is 1.37. The second-order valence-electron chi connectivity index (χ2n) is 10.1. The van der Waals surface area contributed by atoms with Gasteiger partial charge in [-0.05, 0) is 70.0 Å². The minimum atomic E-state index is -0.384. The van der Waals surface area contributed by atoms with Crippen molar-refractivity contribution in [1.82, 2.24) is 20.4 Å². The van der Waals surface area contributed by atoms with Gasteiger partial charge in [-0.15, -0.1) is 0 Å². The zero-order valence-electron chi connectivity index (χ0n) is 19.8. The molecule has 176 valence electrons. The average Bonchev–Trinajstić information content (AvgIpc) is 3.59. The molecule has 0 spiro atoms. The van der Waals surface area contributed by atoms with Gasteiger partial charge in [0, 0.05) is 25.7 Å². The molecular formula is C26H40N4O2. The van der Waals surface area contributed by atoms with E-state index in [-0.39, 0.29) is 29.9 Å². The molecule has 0 radical (unpaired) electrons. The molecule has 2 N–H and O–H groups in total. The van der Waals surface area contributed by atoms with Gasteiger partial charge < -0.3 is 20.4 Å². The molecule has 1 aliphatic carbocycles. The average molecular weight is 441 g/mol. The third kappa shape index (κ3) is 5.90. The summed E-state index contributed by atoms with van der Waals surface area (Å²) in [6.45, 7) is 5.79. The maximum atomic E-state index is 13.7. The lowest BCUT2D eigenvalue weighted by Crippen LogP contribution is -2.55. The maximum absolute atomic E-state index is 13.7. The van der Waals surface area contributed by atoms with E-state index in [1.54, 1.807) is 7.05 Å². The van der Waals surface area contributed by atoms with E-state index in [1.165, 1.54) is 31.2 Å². The molecule has 2 heterocycles. The van der Waals surface area contributed by atoms with E-state index in [9.17, 15) is 9.59 Å². The maximum Gasteiger partial charge on any atom is 0.245 e. The van der Waals surface area contributed by atoms with Crippen LogP contribution in [0.3, 0.4) is 0 Å². The van der Waals surface area contributed by atoms with Gasteiger partial charge in [0.1, 0.15) is 6.04 Å². The largest absolute Gasteiger partial charge is 0.343 e. The third-order valence-corrected chi connectivity index (χ3v) is 7.73. The van der Waals surface area contributed by atoms with Crippen LogP contribution in [0, 0.1) is 11.8 Å². The van der Waals surface area contributed by atoms with Gasteiger partial charge in [-0.2, -0.15) is 0 Å². The predicted molar refractivity (Wildman–Crippen MR) is 127 cm³/mol. The van der Waals surface area contributed by atoms with Crippen molar-refractivity contribution in [2.75, 3.05) is 33.2 Å². The molecule has 4 atom stereocenters. The summed E-state index contributed by atoms with van der Waals surface area (Å²) >= 11 is 0. The van der Waals surface area contributed by atoms with Crippen LogP contribution in [0.1, 0.15) is 51.0 Å². The molecule has 4 rings (SSSR count). The van der Waals surface area contributed by atoms with Crippen LogP contribution in [0.2, 0.25) is 0 Å². The summed E-state index contributed by atoms with van der Waals surface area (Å²) in [4.78, 5) is 30.9. The van der Waals surface area contributed by atoms with Crippen molar-refractivity contribution in [2.45, 2.75) is 70.0 Å². The van der Waals surface area contributed by atoms with Gasteiger partial charge in [-0.3, -0.25) is 9.59 Å². The van der Waals surface area contributed by atoms with Crippen LogP contribution in [0.15, 0.2) is 30.3 Å². The number of benzene rings is 1. The first-order valence-electron chi connectivity index (χ1n) is 12.6. The highest BCUT2D eigenvalue weighted by Gasteiger charge is 2.42. The van der Waals surface area contributed by atoms with Crippen LogP contribution >= 0.6 is 0 Å². The molecule has 0 aromatic heterocycles. The first-order valence-corrected chi connectivity index (χ1v) is 12.6. The molecule has 0 unspecified atom stereocenters. The van der Waals surface area contributed by atoms with Crippen LogP contribution in [0.4, 0.5) is 0 Å². The topological polar surface area (TPSA) is 64.7 Å². The van der Waals surface area contributed by atoms with Crippen molar-refractivity contribution < 1.29 is 9.59 Å². The SMILES string of the molecule is CN[C@@H](C)C(=O)N[C@@H](CC1CC1)C(=O)N1CC[C@H]2CCCN(CCc3ccccc3)C[C@H]21. The molecule has 6 heteroatoms.